The third-order valence-corrected chi connectivity index (χ3v) is 11.6. The number of esters is 2. The second kappa shape index (κ2) is 13.9. The lowest BCUT2D eigenvalue weighted by Crippen LogP contribution is -2.38. The van der Waals surface area contributed by atoms with E-state index >= 15 is 0 Å². The van der Waals surface area contributed by atoms with Gasteiger partial charge in [0.25, 0.3) is 0 Å². The summed E-state index contributed by atoms with van der Waals surface area (Å²) in [4.78, 5) is 26.1. The second-order valence-electron chi connectivity index (χ2n) is 14.5. The predicted molar refractivity (Wildman–Crippen MR) is 153 cm³/mol. The van der Waals surface area contributed by atoms with E-state index in [1.54, 1.807) is 0 Å². The lowest BCUT2D eigenvalue weighted by Gasteiger charge is -2.32. The number of hydrogen-bond donors (Lipinski definition) is 0. The Morgan fingerprint density at radius 2 is 0.825 bits per heavy atom. The normalized spacial score (nSPS) is 39.5. The van der Waals surface area contributed by atoms with Crippen molar-refractivity contribution in [1.82, 2.24) is 0 Å². The van der Waals surface area contributed by atoms with Gasteiger partial charge in [-0.15, -0.1) is 0 Å². The molecule has 6 heteroatoms. The van der Waals surface area contributed by atoms with Crippen LogP contribution >= 0.6 is 0 Å². The molecule has 0 aromatic heterocycles. The fourth-order valence-electron chi connectivity index (χ4n) is 9.18. The van der Waals surface area contributed by atoms with E-state index in [9.17, 15) is 9.59 Å². The van der Waals surface area contributed by atoms with Crippen LogP contribution in [0.15, 0.2) is 0 Å². The third-order valence-electron chi connectivity index (χ3n) is 11.6. The Bertz CT molecular complexity index is 748. The SMILES string of the molecule is O=C(OC1COC2C(OC(=O)C3CCC(CC4CCCCC4)CC3)COC12)C1CCC(CC2CCCCC2)CC1. The lowest BCUT2D eigenvalue weighted by molar-refractivity contribution is -0.161. The van der Waals surface area contributed by atoms with Crippen LogP contribution in [-0.4, -0.2) is 49.6 Å². The van der Waals surface area contributed by atoms with Crippen LogP contribution in [0.3, 0.4) is 0 Å². The van der Waals surface area contributed by atoms with Crippen molar-refractivity contribution < 1.29 is 28.5 Å². The van der Waals surface area contributed by atoms with Gasteiger partial charge >= 0.3 is 11.9 Å². The van der Waals surface area contributed by atoms with E-state index in [0.29, 0.717) is 13.2 Å². The van der Waals surface area contributed by atoms with E-state index in [-0.39, 0.29) is 36.0 Å². The Labute approximate surface area is 242 Å². The van der Waals surface area contributed by atoms with Gasteiger partial charge in [0.1, 0.15) is 12.2 Å². The van der Waals surface area contributed by atoms with Crippen molar-refractivity contribution in [2.75, 3.05) is 13.2 Å². The molecule has 0 bridgehead atoms. The van der Waals surface area contributed by atoms with Crippen LogP contribution in [0.1, 0.15) is 128 Å². The first-order valence-electron chi connectivity index (χ1n) is 17.3. The summed E-state index contributed by atoms with van der Waals surface area (Å²) in [6.45, 7) is 0.664. The van der Waals surface area contributed by atoms with Gasteiger partial charge in [-0.05, 0) is 87.9 Å². The van der Waals surface area contributed by atoms with E-state index in [1.807, 2.05) is 0 Å². The molecule has 0 N–H and O–H groups in total. The molecule has 0 radical (unpaired) electrons. The number of fused-ring (bicyclic) bond motifs is 1. The Morgan fingerprint density at radius 3 is 1.20 bits per heavy atom. The maximum atomic E-state index is 13.0. The van der Waals surface area contributed by atoms with Gasteiger partial charge in [0.15, 0.2) is 12.2 Å². The summed E-state index contributed by atoms with van der Waals surface area (Å²) in [6.07, 6.45) is 23.8. The van der Waals surface area contributed by atoms with Crippen LogP contribution in [0.5, 0.6) is 0 Å². The van der Waals surface area contributed by atoms with E-state index in [0.717, 1.165) is 75.0 Å². The molecule has 4 aliphatic carbocycles. The fraction of sp³-hybridized carbons (Fsp3) is 0.941. The summed E-state index contributed by atoms with van der Waals surface area (Å²) in [5, 5.41) is 0. The lowest BCUT2D eigenvalue weighted by atomic mass is 9.75. The van der Waals surface area contributed by atoms with E-state index < -0.39 is 12.2 Å². The second-order valence-corrected chi connectivity index (χ2v) is 14.5. The fourth-order valence-corrected chi connectivity index (χ4v) is 9.18. The molecule has 6 rings (SSSR count). The van der Waals surface area contributed by atoms with Crippen molar-refractivity contribution in [3.8, 4) is 0 Å². The Morgan fingerprint density at radius 1 is 0.475 bits per heavy atom. The molecule has 4 atom stereocenters. The van der Waals surface area contributed by atoms with Crippen molar-refractivity contribution in [3.05, 3.63) is 0 Å². The van der Waals surface area contributed by atoms with Crippen LogP contribution in [0, 0.1) is 35.5 Å². The van der Waals surface area contributed by atoms with Crippen LogP contribution in [0.25, 0.3) is 0 Å². The minimum Gasteiger partial charge on any atom is -0.457 e. The molecule has 4 saturated carbocycles. The maximum absolute atomic E-state index is 13.0. The molecule has 0 spiro atoms. The minimum atomic E-state index is -0.392. The number of hydrogen-bond acceptors (Lipinski definition) is 6. The van der Waals surface area contributed by atoms with E-state index in [4.69, 9.17) is 18.9 Å². The molecule has 6 nitrogen and oxygen atoms in total. The first kappa shape index (κ1) is 29.0. The highest BCUT2D eigenvalue weighted by molar-refractivity contribution is 5.73. The largest absolute Gasteiger partial charge is 0.457 e. The summed E-state index contributed by atoms with van der Waals surface area (Å²) in [6, 6.07) is 0. The zero-order valence-electron chi connectivity index (χ0n) is 24.8. The van der Waals surface area contributed by atoms with Gasteiger partial charge in [-0.25, -0.2) is 0 Å². The first-order chi connectivity index (χ1) is 19.6. The van der Waals surface area contributed by atoms with Crippen LogP contribution < -0.4 is 0 Å². The molecule has 4 unspecified atom stereocenters. The van der Waals surface area contributed by atoms with Crippen molar-refractivity contribution in [2.24, 2.45) is 35.5 Å². The van der Waals surface area contributed by atoms with Crippen LogP contribution in [0.2, 0.25) is 0 Å². The molecule has 2 aliphatic heterocycles. The predicted octanol–water partition coefficient (Wildman–Crippen LogP) is 7.16. The quantitative estimate of drug-likeness (QED) is 0.294. The minimum absolute atomic E-state index is 0.00456. The highest BCUT2D eigenvalue weighted by Crippen LogP contribution is 2.40. The summed E-state index contributed by atoms with van der Waals surface area (Å²) in [5.74, 6) is 3.24. The van der Waals surface area contributed by atoms with Gasteiger partial charge in [-0.2, -0.15) is 0 Å². The molecular formula is C34H54O6. The summed E-state index contributed by atoms with van der Waals surface area (Å²) < 4.78 is 23.9. The maximum Gasteiger partial charge on any atom is 0.309 e. The Balaban J connectivity index is 0.895. The average molecular weight is 559 g/mol. The molecule has 226 valence electrons. The van der Waals surface area contributed by atoms with Gasteiger partial charge in [0, 0.05) is 0 Å². The van der Waals surface area contributed by atoms with Crippen molar-refractivity contribution in [3.63, 3.8) is 0 Å². The first-order valence-corrected chi connectivity index (χ1v) is 17.3. The summed E-state index contributed by atoms with van der Waals surface area (Å²) >= 11 is 0. The highest BCUT2D eigenvalue weighted by Gasteiger charge is 2.52. The number of carbonyl (C=O) groups is 2. The molecule has 40 heavy (non-hydrogen) atoms. The number of ether oxygens (including phenoxy) is 4. The zero-order chi connectivity index (χ0) is 27.3. The van der Waals surface area contributed by atoms with Crippen LogP contribution in [0.4, 0.5) is 0 Å². The van der Waals surface area contributed by atoms with Crippen molar-refractivity contribution >= 4 is 11.9 Å². The molecule has 6 fully saturated rings. The zero-order valence-corrected chi connectivity index (χ0v) is 24.8. The van der Waals surface area contributed by atoms with E-state index in [2.05, 4.69) is 0 Å². The Hall–Kier alpha value is -1.14. The van der Waals surface area contributed by atoms with Gasteiger partial charge in [0.2, 0.25) is 0 Å². The van der Waals surface area contributed by atoms with Crippen molar-refractivity contribution in [2.45, 2.75) is 153 Å². The van der Waals surface area contributed by atoms with Crippen molar-refractivity contribution in [1.29, 1.82) is 0 Å². The molecule has 0 aromatic rings. The molecular weight excluding hydrogens is 504 g/mol. The summed E-state index contributed by atoms with van der Waals surface area (Å²) in [5.41, 5.74) is 0. The molecule has 0 amide bonds. The molecule has 2 saturated heterocycles. The molecule has 0 aromatic carbocycles. The van der Waals surface area contributed by atoms with Gasteiger partial charge in [-0.1, -0.05) is 64.2 Å². The molecule has 6 aliphatic rings. The van der Waals surface area contributed by atoms with Crippen LogP contribution in [-0.2, 0) is 28.5 Å². The topological polar surface area (TPSA) is 71.1 Å². The van der Waals surface area contributed by atoms with Gasteiger partial charge in [-0.3, -0.25) is 9.59 Å². The average Bonchev–Trinajstić information content (AvgIpc) is 3.58. The van der Waals surface area contributed by atoms with Gasteiger partial charge < -0.3 is 18.9 Å². The van der Waals surface area contributed by atoms with Gasteiger partial charge in [0.05, 0.1) is 25.0 Å². The number of carbonyl (C=O) groups excluding carboxylic acids is 2. The standard InChI is InChI=1S/C34H54O6/c35-33(27-15-11-25(12-16-27)19-23-7-3-1-4-8-23)39-29-21-37-32-30(22-38-31(29)32)40-34(36)28-17-13-26(14-18-28)20-24-9-5-2-6-10-24/h23-32H,1-22H2. The van der Waals surface area contributed by atoms with E-state index in [1.165, 1.54) is 77.0 Å². The Kier molecular flexibility index (Phi) is 10.1. The highest BCUT2D eigenvalue weighted by atomic mass is 16.7. The number of rotatable bonds is 8. The summed E-state index contributed by atoms with van der Waals surface area (Å²) in [7, 11) is 0. The third kappa shape index (κ3) is 7.25. The monoisotopic (exact) mass is 558 g/mol. The smallest absolute Gasteiger partial charge is 0.309 e. The molecule has 2 heterocycles.